The van der Waals surface area contributed by atoms with Gasteiger partial charge in [-0.05, 0) is 12.1 Å². The molecule has 138 valence electrons. The van der Waals surface area contributed by atoms with Crippen LogP contribution in [0.1, 0.15) is 0 Å². The maximum absolute atomic E-state index is 11.8. The maximum Gasteiger partial charge on any atom is 0.344 e. The topological polar surface area (TPSA) is 77.5 Å². The van der Waals surface area contributed by atoms with Gasteiger partial charge in [-0.1, -0.05) is 58.0 Å². The van der Waals surface area contributed by atoms with Gasteiger partial charge in [-0.3, -0.25) is 4.79 Å². The van der Waals surface area contributed by atoms with Crippen LogP contribution in [-0.4, -0.2) is 30.1 Å². The molecule has 0 aliphatic rings. The van der Waals surface area contributed by atoms with Gasteiger partial charge in [-0.15, -0.1) is 0 Å². The van der Waals surface area contributed by atoms with Gasteiger partial charge in [-0.2, -0.15) is 0 Å². The molecule has 2 rings (SSSR count). The average molecular weight is 459 g/mol. The first kappa shape index (κ1) is 20.9. The van der Waals surface area contributed by atoms with Gasteiger partial charge in [0.15, 0.2) is 19.0 Å². The maximum atomic E-state index is 11.8. The molecule has 0 saturated carbocycles. The van der Waals surface area contributed by atoms with Crippen molar-refractivity contribution in [3.8, 4) is 5.75 Å². The molecule has 6 nitrogen and oxygen atoms in total. The molecule has 0 aliphatic heterocycles. The third kappa shape index (κ3) is 6.07. The first-order chi connectivity index (χ1) is 12.3. The monoisotopic (exact) mass is 456 g/mol. The number of esters is 1. The molecule has 2 aromatic rings. The lowest BCUT2D eigenvalue weighted by atomic mass is 10.3. The Labute approximate surface area is 173 Å². The molecule has 11 heteroatoms. The van der Waals surface area contributed by atoms with Gasteiger partial charge in [0.1, 0.15) is 5.75 Å². The second-order valence-electron chi connectivity index (χ2n) is 4.68. The zero-order valence-electron chi connectivity index (χ0n) is 12.7. The summed E-state index contributed by atoms with van der Waals surface area (Å²) in [5.74, 6) is -1.18. The molecule has 0 spiro atoms. The second-order valence-corrected chi connectivity index (χ2v) is 6.74. The highest BCUT2D eigenvalue weighted by atomic mass is 35.5. The zero-order chi connectivity index (χ0) is 19.3. The highest BCUT2D eigenvalue weighted by Gasteiger charge is 2.13. The van der Waals surface area contributed by atoms with E-state index in [1.165, 1.54) is 24.4 Å². The Morgan fingerprint density at radius 2 is 1.62 bits per heavy atom. The van der Waals surface area contributed by atoms with Gasteiger partial charge < -0.3 is 14.8 Å². The van der Waals surface area contributed by atoms with Crippen LogP contribution in [0.15, 0.2) is 24.4 Å². The molecular weight excluding hydrogens is 449 g/mol. The number of nitrogens with zero attached hydrogens (tertiary/aromatic N) is 1. The third-order valence-electron chi connectivity index (χ3n) is 2.75. The number of aromatic nitrogens is 1. The lowest BCUT2D eigenvalue weighted by Gasteiger charge is -2.10. The minimum absolute atomic E-state index is 0.0935. The van der Waals surface area contributed by atoms with E-state index in [9.17, 15) is 9.59 Å². The summed E-state index contributed by atoms with van der Waals surface area (Å²) in [7, 11) is 0. The average Bonchev–Trinajstić information content (AvgIpc) is 2.57. The van der Waals surface area contributed by atoms with E-state index in [1.807, 2.05) is 0 Å². The molecule has 1 N–H and O–H groups in total. The van der Waals surface area contributed by atoms with Crippen LogP contribution in [0.2, 0.25) is 25.1 Å². The summed E-state index contributed by atoms with van der Waals surface area (Å²) < 4.78 is 9.97. The highest BCUT2D eigenvalue weighted by Crippen LogP contribution is 2.33. The van der Waals surface area contributed by atoms with Gasteiger partial charge in [0, 0.05) is 12.3 Å². The normalized spacial score (nSPS) is 10.3. The Bertz CT molecular complexity index is 847. The number of hydrogen-bond acceptors (Lipinski definition) is 5. The van der Waals surface area contributed by atoms with Crippen LogP contribution in [0.5, 0.6) is 5.75 Å². The van der Waals surface area contributed by atoms with Crippen molar-refractivity contribution >= 4 is 75.7 Å². The van der Waals surface area contributed by atoms with Gasteiger partial charge in [0.2, 0.25) is 0 Å². The number of nitrogens with one attached hydrogen (secondary N) is 1. The van der Waals surface area contributed by atoms with Crippen LogP contribution < -0.4 is 10.1 Å². The van der Waals surface area contributed by atoms with Gasteiger partial charge >= 0.3 is 5.97 Å². The van der Waals surface area contributed by atoms with Crippen molar-refractivity contribution in [1.29, 1.82) is 0 Å². The van der Waals surface area contributed by atoms with E-state index in [0.29, 0.717) is 5.02 Å². The van der Waals surface area contributed by atoms with Crippen molar-refractivity contribution in [2.24, 2.45) is 0 Å². The van der Waals surface area contributed by atoms with Crippen molar-refractivity contribution in [2.45, 2.75) is 0 Å². The molecule has 0 bridgehead atoms. The molecule has 1 aromatic carbocycles. The summed E-state index contributed by atoms with van der Waals surface area (Å²) >= 11 is 29.1. The summed E-state index contributed by atoms with van der Waals surface area (Å²) in [5, 5.41) is 3.48. The highest BCUT2D eigenvalue weighted by molar-refractivity contribution is 6.43. The van der Waals surface area contributed by atoms with Crippen molar-refractivity contribution in [2.75, 3.05) is 18.5 Å². The summed E-state index contributed by atoms with van der Waals surface area (Å²) in [5.41, 5.74) is 0. The summed E-state index contributed by atoms with van der Waals surface area (Å²) in [4.78, 5) is 27.3. The van der Waals surface area contributed by atoms with E-state index in [4.69, 9.17) is 67.5 Å². The molecule has 0 fully saturated rings. The van der Waals surface area contributed by atoms with Crippen molar-refractivity contribution in [1.82, 2.24) is 4.98 Å². The molecule has 0 aliphatic carbocycles. The van der Waals surface area contributed by atoms with E-state index < -0.39 is 25.1 Å². The number of halogens is 5. The predicted octanol–water partition coefficient (Wildman–Crippen LogP) is 4.91. The molecule has 0 radical (unpaired) electrons. The lowest BCUT2D eigenvalue weighted by Crippen LogP contribution is -2.24. The number of anilines is 1. The summed E-state index contributed by atoms with van der Waals surface area (Å²) in [6.45, 7) is -1.04. The number of rotatable bonds is 6. The Morgan fingerprint density at radius 1 is 0.923 bits per heavy atom. The minimum atomic E-state index is -0.794. The first-order valence-electron chi connectivity index (χ1n) is 6.80. The van der Waals surface area contributed by atoms with Crippen LogP contribution in [0.4, 0.5) is 5.82 Å². The van der Waals surface area contributed by atoms with Crippen LogP contribution in [-0.2, 0) is 14.3 Å². The number of ether oxygens (including phenoxy) is 2. The molecular formula is C15H9Cl5N2O4. The molecule has 0 saturated heterocycles. The molecule has 1 amide bonds. The fourth-order valence-electron chi connectivity index (χ4n) is 1.61. The van der Waals surface area contributed by atoms with Crippen molar-refractivity contribution in [3.63, 3.8) is 0 Å². The third-order valence-corrected chi connectivity index (χ3v) is 4.26. The van der Waals surface area contributed by atoms with E-state index in [0.717, 1.165) is 0 Å². The standard InChI is InChI=1S/C15H9Cl5N2O4/c16-7-1-11(20)15(21-4-7)22-13(23)5-26-14(24)6-25-12-3-9(18)8(17)2-10(12)19/h1-4H,5-6H2,(H,21,22,23). The van der Waals surface area contributed by atoms with Crippen molar-refractivity contribution < 1.29 is 19.1 Å². The Kier molecular flexibility index (Phi) is 7.61. The van der Waals surface area contributed by atoms with Crippen LogP contribution in [0, 0.1) is 0 Å². The number of hydrogen-bond donors (Lipinski definition) is 1. The molecule has 0 atom stereocenters. The number of pyridine rings is 1. The van der Waals surface area contributed by atoms with Gasteiger partial charge in [0.05, 0.1) is 25.1 Å². The smallest absolute Gasteiger partial charge is 0.344 e. The summed E-state index contributed by atoms with van der Waals surface area (Å²) in [6.07, 6.45) is 1.31. The Morgan fingerprint density at radius 3 is 2.31 bits per heavy atom. The van der Waals surface area contributed by atoms with Crippen molar-refractivity contribution in [3.05, 3.63) is 49.5 Å². The SMILES string of the molecule is O=C(COC(=O)COc1cc(Cl)c(Cl)cc1Cl)Nc1ncc(Cl)cc1Cl. The number of amides is 1. The number of carbonyl (C=O) groups excluding carboxylic acids is 2. The molecule has 0 unspecified atom stereocenters. The van der Waals surface area contributed by atoms with E-state index >= 15 is 0 Å². The number of carbonyl (C=O) groups is 2. The quantitative estimate of drug-likeness (QED) is 0.492. The van der Waals surface area contributed by atoms with Crippen LogP contribution >= 0.6 is 58.0 Å². The van der Waals surface area contributed by atoms with E-state index in [-0.39, 0.29) is 31.7 Å². The Hall–Kier alpha value is -1.44. The fraction of sp³-hybridized carbons (Fsp3) is 0.133. The predicted molar refractivity (Wildman–Crippen MR) is 101 cm³/mol. The Balaban J connectivity index is 1.81. The summed E-state index contributed by atoms with van der Waals surface area (Å²) in [6, 6.07) is 4.15. The number of benzene rings is 1. The van der Waals surface area contributed by atoms with E-state index in [2.05, 4.69) is 10.3 Å². The van der Waals surface area contributed by atoms with Crippen LogP contribution in [0.3, 0.4) is 0 Å². The fourth-order valence-corrected chi connectivity index (χ4v) is 2.63. The lowest BCUT2D eigenvalue weighted by molar-refractivity contribution is -0.149. The molecule has 26 heavy (non-hydrogen) atoms. The van der Waals surface area contributed by atoms with Gasteiger partial charge in [0.25, 0.3) is 5.91 Å². The van der Waals surface area contributed by atoms with E-state index in [1.54, 1.807) is 0 Å². The molecule has 1 heterocycles. The van der Waals surface area contributed by atoms with Crippen LogP contribution in [0.25, 0.3) is 0 Å². The first-order valence-corrected chi connectivity index (χ1v) is 8.69. The zero-order valence-corrected chi connectivity index (χ0v) is 16.5. The minimum Gasteiger partial charge on any atom is -0.480 e. The second kappa shape index (κ2) is 9.48. The molecule has 1 aromatic heterocycles. The van der Waals surface area contributed by atoms with Gasteiger partial charge in [-0.25, -0.2) is 9.78 Å². The largest absolute Gasteiger partial charge is 0.480 e.